The molecule has 0 aliphatic carbocycles. The number of nitrogens with zero attached hydrogens (tertiary/aromatic N) is 2. The van der Waals surface area contributed by atoms with E-state index in [1.165, 1.54) is 22.8 Å². The van der Waals surface area contributed by atoms with E-state index in [4.69, 9.17) is 14.2 Å². The molecular formula is C29H26N2O6S. The summed E-state index contributed by atoms with van der Waals surface area (Å²) >= 11 is 1.26. The quantitative estimate of drug-likeness (QED) is 0.370. The fourth-order valence-electron chi connectivity index (χ4n) is 4.56. The van der Waals surface area contributed by atoms with Gasteiger partial charge in [0, 0.05) is 12.5 Å². The number of esters is 2. The summed E-state index contributed by atoms with van der Waals surface area (Å²) in [6.45, 7) is 6.91. The third-order valence-corrected chi connectivity index (χ3v) is 7.27. The van der Waals surface area contributed by atoms with Crippen LogP contribution in [-0.4, -0.2) is 29.2 Å². The van der Waals surface area contributed by atoms with Gasteiger partial charge in [-0.3, -0.25) is 14.2 Å². The normalized spacial score (nSPS) is 18.5. The molecule has 3 heterocycles. The van der Waals surface area contributed by atoms with Crippen LogP contribution in [0, 0.1) is 0 Å². The summed E-state index contributed by atoms with van der Waals surface area (Å²) in [5.41, 5.74) is 2.95. The molecule has 2 atom stereocenters. The number of aromatic nitrogens is 1. The fourth-order valence-corrected chi connectivity index (χ4v) is 5.61. The minimum absolute atomic E-state index is 0.186. The number of ether oxygens (including phenoxy) is 3. The highest BCUT2D eigenvalue weighted by Gasteiger charge is 2.33. The fraction of sp³-hybridized carbons (Fsp3) is 0.241. The number of para-hydroxylation sites is 1. The summed E-state index contributed by atoms with van der Waals surface area (Å²) in [5, 5.41) is 0. The molecule has 3 aromatic rings. The van der Waals surface area contributed by atoms with Crippen LogP contribution >= 0.6 is 11.3 Å². The van der Waals surface area contributed by atoms with Crippen LogP contribution in [-0.2, 0) is 14.3 Å². The zero-order valence-corrected chi connectivity index (χ0v) is 22.2. The number of rotatable bonds is 5. The minimum Gasteiger partial charge on any atom is -0.485 e. The molecular weight excluding hydrogens is 504 g/mol. The molecule has 8 nitrogen and oxygen atoms in total. The van der Waals surface area contributed by atoms with Crippen LogP contribution in [0.15, 0.2) is 75.2 Å². The highest BCUT2D eigenvalue weighted by Crippen LogP contribution is 2.32. The molecule has 1 aromatic heterocycles. The first-order chi connectivity index (χ1) is 18.3. The molecule has 38 heavy (non-hydrogen) atoms. The summed E-state index contributed by atoms with van der Waals surface area (Å²) in [6.07, 6.45) is 3.60. The van der Waals surface area contributed by atoms with Gasteiger partial charge < -0.3 is 14.2 Å². The van der Waals surface area contributed by atoms with Gasteiger partial charge in [0.25, 0.3) is 5.56 Å². The summed E-state index contributed by atoms with van der Waals surface area (Å²) in [5.74, 6) is 0.188. The number of allylic oxidation sites excluding steroid dienone is 1. The van der Waals surface area contributed by atoms with Crippen molar-refractivity contribution in [3.63, 3.8) is 0 Å². The Balaban J connectivity index is 1.66. The van der Waals surface area contributed by atoms with Crippen molar-refractivity contribution in [3.05, 3.63) is 96.2 Å². The number of hydrogen-bond donors (Lipinski definition) is 0. The standard InChI is InChI=1S/C29H26N2O6S/c1-5-35-28(34)25-16(2)30-29-31(26(25)19-10-12-22(13-11-19)37-18(4)32)27(33)24(38-29)15-21-14-20-8-6-7-9-23(20)36-17(21)3/h6-15,17,26H,5H2,1-4H3/b24-15-/t17-,26+/m1/s1. The molecule has 9 heteroatoms. The Labute approximate surface area is 222 Å². The summed E-state index contributed by atoms with van der Waals surface area (Å²) in [7, 11) is 0. The molecule has 0 N–H and O–H groups in total. The lowest BCUT2D eigenvalue weighted by molar-refractivity contribution is -0.139. The van der Waals surface area contributed by atoms with Crippen LogP contribution < -0.4 is 24.4 Å². The van der Waals surface area contributed by atoms with Crippen LogP contribution in [0.2, 0.25) is 0 Å². The average molecular weight is 531 g/mol. The van der Waals surface area contributed by atoms with E-state index in [1.807, 2.05) is 43.3 Å². The van der Waals surface area contributed by atoms with Crippen LogP contribution in [0.4, 0.5) is 0 Å². The summed E-state index contributed by atoms with van der Waals surface area (Å²) < 4.78 is 18.5. The van der Waals surface area contributed by atoms with Crippen molar-refractivity contribution in [1.82, 2.24) is 4.57 Å². The largest absolute Gasteiger partial charge is 0.485 e. The summed E-state index contributed by atoms with van der Waals surface area (Å²) in [4.78, 5) is 43.3. The summed E-state index contributed by atoms with van der Waals surface area (Å²) in [6, 6.07) is 13.7. The van der Waals surface area contributed by atoms with Crippen molar-refractivity contribution < 1.29 is 23.8 Å². The molecule has 0 bridgehead atoms. The molecule has 2 aliphatic rings. The monoisotopic (exact) mass is 530 g/mol. The molecule has 5 rings (SSSR count). The van der Waals surface area contributed by atoms with E-state index in [2.05, 4.69) is 4.99 Å². The van der Waals surface area contributed by atoms with E-state index < -0.39 is 18.0 Å². The number of carbonyl (C=O) groups excluding carboxylic acids is 2. The smallest absolute Gasteiger partial charge is 0.338 e. The zero-order valence-electron chi connectivity index (χ0n) is 21.4. The van der Waals surface area contributed by atoms with Gasteiger partial charge >= 0.3 is 11.9 Å². The van der Waals surface area contributed by atoms with E-state index in [0.717, 1.165) is 16.9 Å². The predicted molar refractivity (Wildman–Crippen MR) is 144 cm³/mol. The molecule has 0 spiro atoms. The van der Waals surface area contributed by atoms with Crippen molar-refractivity contribution in [2.45, 2.75) is 39.8 Å². The number of hydrogen-bond acceptors (Lipinski definition) is 8. The molecule has 2 aromatic carbocycles. The van der Waals surface area contributed by atoms with Gasteiger partial charge in [0.1, 0.15) is 17.6 Å². The molecule has 0 unspecified atom stereocenters. The predicted octanol–water partition coefficient (Wildman–Crippen LogP) is 3.54. The zero-order chi connectivity index (χ0) is 27.0. The Morgan fingerprint density at radius 1 is 1.16 bits per heavy atom. The van der Waals surface area contributed by atoms with Gasteiger partial charge in [0.15, 0.2) is 4.80 Å². The number of benzene rings is 2. The topological polar surface area (TPSA) is 96.2 Å². The van der Waals surface area contributed by atoms with E-state index in [0.29, 0.717) is 26.3 Å². The van der Waals surface area contributed by atoms with Gasteiger partial charge in [0.2, 0.25) is 0 Å². The first-order valence-corrected chi connectivity index (χ1v) is 13.0. The van der Waals surface area contributed by atoms with Crippen molar-refractivity contribution in [2.75, 3.05) is 6.61 Å². The van der Waals surface area contributed by atoms with Crippen LogP contribution in [0.25, 0.3) is 12.2 Å². The van der Waals surface area contributed by atoms with Gasteiger partial charge in [-0.2, -0.15) is 0 Å². The third kappa shape index (κ3) is 4.72. The lowest BCUT2D eigenvalue weighted by Crippen LogP contribution is -2.40. The second kappa shape index (κ2) is 10.3. The third-order valence-electron chi connectivity index (χ3n) is 6.29. The maximum atomic E-state index is 13.8. The van der Waals surface area contributed by atoms with Crippen molar-refractivity contribution >= 4 is 35.4 Å². The van der Waals surface area contributed by atoms with Gasteiger partial charge in [-0.1, -0.05) is 41.7 Å². The molecule has 194 valence electrons. The Kier molecular flexibility index (Phi) is 6.86. The van der Waals surface area contributed by atoms with Gasteiger partial charge in [-0.25, -0.2) is 9.79 Å². The van der Waals surface area contributed by atoms with Crippen molar-refractivity contribution in [3.8, 4) is 11.5 Å². The molecule has 0 saturated carbocycles. The first-order valence-electron chi connectivity index (χ1n) is 12.2. The van der Waals surface area contributed by atoms with E-state index in [-0.39, 0.29) is 23.8 Å². The number of carbonyl (C=O) groups is 2. The second-order valence-electron chi connectivity index (χ2n) is 8.91. The molecule has 0 radical (unpaired) electrons. The molecule has 0 saturated heterocycles. The SMILES string of the molecule is CCOC(=O)C1=C(C)N=c2s/c(=C\C3=Cc4ccccc4O[C@@H]3C)c(=O)n2[C@H]1c1ccc(OC(C)=O)cc1. The van der Waals surface area contributed by atoms with E-state index in [9.17, 15) is 14.4 Å². The van der Waals surface area contributed by atoms with Crippen LogP contribution in [0.3, 0.4) is 0 Å². The highest BCUT2D eigenvalue weighted by atomic mass is 32.1. The minimum atomic E-state index is -0.756. The molecule has 0 fully saturated rings. The maximum absolute atomic E-state index is 13.8. The van der Waals surface area contributed by atoms with Gasteiger partial charge in [-0.05, 0) is 62.3 Å². The second-order valence-corrected chi connectivity index (χ2v) is 9.92. The number of thiazole rings is 1. The lowest BCUT2D eigenvalue weighted by Gasteiger charge is -2.24. The van der Waals surface area contributed by atoms with E-state index >= 15 is 0 Å². The van der Waals surface area contributed by atoms with Gasteiger partial charge in [-0.15, -0.1) is 0 Å². The van der Waals surface area contributed by atoms with Crippen molar-refractivity contribution in [1.29, 1.82) is 0 Å². The Morgan fingerprint density at radius 3 is 2.61 bits per heavy atom. The Bertz CT molecular complexity index is 1680. The first kappa shape index (κ1) is 25.4. The lowest BCUT2D eigenvalue weighted by atomic mass is 9.96. The average Bonchev–Trinajstić information content (AvgIpc) is 3.18. The molecule has 0 amide bonds. The number of fused-ring (bicyclic) bond motifs is 2. The van der Waals surface area contributed by atoms with Gasteiger partial charge in [0.05, 0.1) is 28.5 Å². The maximum Gasteiger partial charge on any atom is 0.338 e. The van der Waals surface area contributed by atoms with E-state index in [1.54, 1.807) is 38.1 Å². The van der Waals surface area contributed by atoms with Crippen molar-refractivity contribution in [2.24, 2.45) is 4.99 Å². The highest BCUT2D eigenvalue weighted by molar-refractivity contribution is 7.07. The molecule has 2 aliphatic heterocycles. The Hall–Kier alpha value is -4.24. The Morgan fingerprint density at radius 2 is 1.89 bits per heavy atom. The van der Waals surface area contributed by atoms with Crippen LogP contribution in [0.5, 0.6) is 11.5 Å². The van der Waals surface area contributed by atoms with Crippen LogP contribution in [0.1, 0.15) is 44.9 Å².